The van der Waals surface area contributed by atoms with Crippen molar-refractivity contribution in [2.24, 2.45) is 0 Å². The smallest absolute Gasteiger partial charge is 0.308 e. The lowest BCUT2D eigenvalue weighted by atomic mass is 10.3. The van der Waals surface area contributed by atoms with E-state index < -0.39 is 29.2 Å². The molecule has 0 saturated heterocycles. The van der Waals surface area contributed by atoms with Crippen LogP contribution in [0.15, 0.2) is 4.90 Å². The number of halogens is 3. The van der Waals surface area contributed by atoms with Crippen LogP contribution in [0, 0.1) is 6.92 Å². The first-order valence-electron chi connectivity index (χ1n) is 6.53. The maximum Gasteiger partial charge on any atom is 0.390 e. The molecule has 0 unspecified atom stereocenters. The highest BCUT2D eigenvalue weighted by Gasteiger charge is 2.30. The Morgan fingerprint density at radius 2 is 2.05 bits per heavy atom. The number of sulfonamides is 1. The second kappa shape index (κ2) is 5.93. The Labute approximate surface area is 120 Å². The van der Waals surface area contributed by atoms with Gasteiger partial charge in [-0.1, -0.05) is 0 Å². The average molecular weight is 326 g/mol. The van der Waals surface area contributed by atoms with Gasteiger partial charge in [0.1, 0.15) is 4.90 Å². The molecule has 120 valence electrons. The van der Waals surface area contributed by atoms with Gasteiger partial charge < -0.3 is 5.32 Å². The second-order valence-corrected chi connectivity index (χ2v) is 6.75. The SMILES string of the molecule is Cc1[nH]nc(CNC2CC2)c1S(=O)(=O)NCCC(F)(F)F. The highest BCUT2D eigenvalue weighted by molar-refractivity contribution is 7.89. The van der Waals surface area contributed by atoms with Crippen molar-refractivity contribution in [3.63, 3.8) is 0 Å². The Morgan fingerprint density at radius 1 is 1.38 bits per heavy atom. The predicted octanol–water partition coefficient (Wildman–Crippen LogP) is 1.20. The highest BCUT2D eigenvalue weighted by Crippen LogP contribution is 2.23. The van der Waals surface area contributed by atoms with Crippen LogP contribution in [0.4, 0.5) is 13.2 Å². The minimum atomic E-state index is -4.40. The van der Waals surface area contributed by atoms with Crippen molar-refractivity contribution in [3.8, 4) is 0 Å². The minimum absolute atomic E-state index is 0.0715. The van der Waals surface area contributed by atoms with E-state index in [1.165, 1.54) is 6.92 Å². The zero-order valence-corrected chi connectivity index (χ0v) is 12.2. The van der Waals surface area contributed by atoms with Crippen molar-refractivity contribution < 1.29 is 21.6 Å². The number of hydrogen-bond acceptors (Lipinski definition) is 4. The van der Waals surface area contributed by atoms with Crippen molar-refractivity contribution in [3.05, 3.63) is 11.4 Å². The van der Waals surface area contributed by atoms with Gasteiger partial charge in [-0.05, 0) is 19.8 Å². The third-order valence-corrected chi connectivity index (χ3v) is 4.73. The first kappa shape index (κ1) is 16.2. The van der Waals surface area contributed by atoms with E-state index >= 15 is 0 Å². The molecule has 0 atom stereocenters. The molecular weight excluding hydrogens is 309 g/mol. The van der Waals surface area contributed by atoms with Gasteiger partial charge >= 0.3 is 6.18 Å². The van der Waals surface area contributed by atoms with Crippen molar-refractivity contribution >= 4 is 10.0 Å². The molecule has 2 rings (SSSR count). The fourth-order valence-corrected chi connectivity index (χ4v) is 3.27. The summed E-state index contributed by atoms with van der Waals surface area (Å²) in [6.45, 7) is 1.10. The number of aryl methyl sites for hydroxylation is 1. The maximum atomic E-state index is 12.1. The van der Waals surface area contributed by atoms with Crippen molar-refractivity contribution in [2.75, 3.05) is 6.54 Å². The van der Waals surface area contributed by atoms with Crippen LogP contribution in [0.3, 0.4) is 0 Å². The minimum Gasteiger partial charge on any atom is -0.308 e. The van der Waals surface area contributed by atoms with E-state index in [0.717, 1.165) is 12.8 Å². The van der Waals surface area contributed by atoms with Crippen LogP contribution in [0.25, 0.3) is 0 Å². The number of aromatic nitrogens is 2. The lowest BCUT2D eigenvalue weighted by Gasteiger charge is -2.10. The third-order valence-electron chi connectivity index (χ3n) is 3.07. The molecule has 0 radical (unpaired) electrons. The Hall–Kier alpha value is -1.13. The third kappa shape index (κ3) is 4.68. The van der Waals surface area contributed by atoms with E-state index in [1.54, 1.807) is 0 Å². The van der Waals surface area contributed by atoms with Crippen LogP contribution < -0.4 is 10.0 Å². The van der Waals surface area contributed by atoms with Crippen LogP contribution in [-0.2, 0) is 16.6 Å². The summed E-state index contributed by atoms with van der Waals surface area (Å²) in [6.07, 6.45) is -3.53. The van der Waals surface area contributed by atoms with Crippen LogP contribution in [-0.4, -0.2) is 37.4 Å². The lowest BCUT2D eigenvalue weighted by molar-refractivity contribution is -0.132. The first-order valence-corrected chi connectivity index (χ1v) is 8.01. The number of hydrogen-bond donors (Lipinski definition) is 3. The molecule has 1 heterocycles. The summed E-state index contributed by atoms with van der Waals surface area (Å²) in [5.74, 6) is 0. The Balaban J connectivity index is 2.05. The number of rotatable bonds is 7. The van der Waals surface area contributed by atoms with Gasteiger partial charge in [-0.15, -0.1) is 0 Å². The summed E-state index contributed by atoms with van der Waals surface area (Å²) in [4.78, 5) is -0.0715. The molecule has 6 nitrogen and oxygen atoms in total. The molecule has 0 amide bonds. The van der Waals surface area contributed by atoms with Crippen molar-refractivity contribution in [1.82, 2.24) is 20.2 Å². The number of nitrogens with one attached hydrogen (secondary N) is 3. The van der Waals surface area contributed by atoms with Gasteiger partial charge in [0.2, 0.25) is 10.0 Å². The Morgan fingerprint density at radius 3 is 2.62 bits per heavy atom. The Kier molecular flexibility index (Phi) is 4.59. The summed E-state index contributed by atoms with van der Waals surface area (Å²) < 4.78 is 62.5. The van der Waals surface area contributed by atoms with Gasteiger partial charge in [-0.2, -0.15) is 18.3 Å². The predicted molar refractivity (Wildman–Crippen MR) is 69.0 cm³/mol. The van der Waals surface area contributed by atoms with Crippen molar-refractivity contribution in [2.45, 2.75) is 49.8 Å². The van der Waals surface area contributed by atoms with Crippen LogP contribution in [0.1, 0.15) is 30.7 Å². The van der Waals surface area contributed by atoms with Gasteiger partial charge in [0.15, 0.2) is 0 Å². The van der Waals surface area contributed by atoms with Crippen LogP contribution >= 0.6 is 0 Å². The number of alkyl halides is 3. The molecule has 1 aliphatic rings. The van der Waals surface area contributed by atoms with E-state index in [0.29, 0.717) is 17.4 Å². The molecule has 3 N–H and O–H groups in total. The van der Waals surface area contributed by atoms with Gasteiger partial charge in [0.25, 0.3) is 0 Å². The average Bonchev–Trinajstić information content (AvgIpc) is 3.07. The Bertz CT molecular complexity index is 593. The molecular formula is C11H17F3N4O2S. The maximum absolute atomic E-state index is 12.1. The van der Waals surface area contributed by atoms with Crippen LogP contribution in [0.5, 0.6) is 0 Å². The fraction of sp³-hybridized carbons (Fsp3) is 0.727. The molecule has 1 aromatic heterocycles. The van der Waals surface area contributed by atoms with Crippen LogP contribution in [0.2, 0.25) is 0 Å². The van der Waals surface area contributed by atoms with E-state index in [2.05, 4.69) is 15.5 Å². The van der Waals surface area contributed by atoms with E-state index in [9.17, 15) is 21.6 Å². The summed E-state index contributed by atoms with van der Waals surface area (Å²) in [5, 5.41) is 9.60. The summed E-state index contributed by atoms with van der Waals surface area (Å²) in [5.41, 5.74) is 0.598. The van der Waals surface area contributed by atoms with Gasteiger partial charge in [0.05, 0.1) is 17.8 Å². The molecule has 1 aliphatic carbocycles. The second-order valence-electron chi connectivity index (χ2n) is 5.04. The normalized spacial score (nSPS) is 16.4. The summed E-state index contributed by atoms with van der Waals surface area (Å²) in [7, 11) is -4.01. The quantitative estimate of drug-likeness (QED) is 0.703. The molecule has 0 bridgehead atoms. The molecule has 10 heteroatoms. The van der Waals surface area contributed by atoms with Gasteiger partial charge in [-0.25, -0.2) is 13.1 Å². The molecule has 1 fully saturated rings. The molecule has 0 spiro atoms. The van der Waals surface area contributed by atoms with Crippen molar-refractivity contribution in [1.29, 1.82) is 0 Å². The van der Waals surface area contributed by atoms with E-state index in [4.69, 9.17) is 0 Å². The molecule has 0 aliphatic heterocycles. The summed E-state index contributed by atoms with van der Waals surface area (Å²) in [6, 6.07) is 0.371. The van der Waals surface area contributed by atoms with E-state index in [1.807, 2.05) is 4.72 Å². The lowest BCUT2D eigenvalue weighted by Crippen LogP contribution is -2.29. The monoisotopic (exact) mass is 326 g/mol. The topological polar surface area (TPSA) is 86.9 Å². The molecule has 21 heavy (non-hydrogen) atoms. The number of nitrogens with zero attached hydrogens (tertiary/aromatic N) is 1. The zero-order valence-electron chi connectivity index (χ0n) is 11.4. The summed E-state index contributed by atoms with van der Waals surface area (Å²) >= 11 is 0. The van der Waals surface area contributed by atoms with Gasteiger partial charge in [0, 0.05) is 19.1 Å². The molecule has 1 aromatic rings. The number of aromatic amines is 1. The first-order chi connectivity index (χ1) is 9.69. The number of H-pyrrole nitrogens is 1. The zero-order chi connectivity index (χ0) is 15.7. The van der Waals surface area contributed by atoms with Gasteiger partial charge in [-0.3, -0.25) is 5.10 Å². The van der Waals surface area contributed by atoms with E-state index in [-0.39, 0.29) is 11.4 Å². The molecule has 0 aromatic carbocycles. The fourth-order valence-electron chi connectivity index (χ4n) is 1.87. The highest BCUT2D eigenvalue weighted by atomic mass is 32.2. The molecule has 1 saturated carbocycles. The largest absolute Gasteiger partial charge is 0.390 e. The standard InChI is InChI=1S/C11H17F3N4O2S/c1-7-10(9(18-17-7)6-15-8-2-3-8)21(19,20)16-5-4-11(12,13)14/h8,15-16H,2-6H2,1H3,(H,17,18).